The highest BCUT2D eigenvalue weighted by Crippen LogP contribution is 2.39. The molecule has 1 heterocycles. The van der Waals surface area contributed by atoms with E-state index in [1.807, 2.05) is 12.1 Å². The van der Waals surface area contributed by atoms with E-state index in [0.29, 0.717) is 33.3 Å². The van der Waals surface area contributed by atoms with Crippen molar-refractivity contribution >= 4 is 40.5 Å². The quantitative estimate of drug-likeness (QED) is 0.593. The van der Waals surface area contributed by atoms with Crippen molar-refractivity contribution in [2.75, 3.05) is 10.7 Å². The van der Waals surface area contributed by atoms with Gasteiger partial charge in [-0.25, -0.2) is 15.8 Å². The molecule has 0 aliphatic heterocycles. The minimum absolute atomic E-state index is 0.429. The lowest BCUT2D eigenvalue weighted by Gasteiger charge is -2.11. The van der Waals surface area contributed by atoms with Crippen LogP contribution < -0.4 is 16.6 Å². The summed E-state index contributed by atoms with van der Waals surface area (Å²) in [6, 6.07) is 7.12. The van der Waals surface area contributed by atoms with Gasteiger partial charge < -0.3 is 10.7 Å². The van der Waals surface area contributed by atoms with Crippen molar-refractivity contribution in [3.05, 3.63) is 40.1 Å². The highest BCUT2D eigenvalue weighted by Gasteiger charge is 2.27. The largest absolute Gasteiger partial charge is 0.339 e. The van der Waals surface area contributed by atoms with Gasteiger partial charge in [-0.2, -0.15) is 0 Å². The van der Waals surface area contributed by atoms with Crippen molar-refractivity contribution in [1.82, 2.24) is 9.97 Å². The molecule has 104 valence electrons. The summed E-state index contributed by atoms with van der Waals surface area (Å²) in [7, 11) is 0. The third kappa shape index (κ3) is 2.80. The molecule has 0 saturated heterocycles. The van der Waals surface area contributed by atoms with E-state index in [0.717, 1.165) is 18.7 Å². The van der Waals surface area contributed by atoms with Gasteiger partial charge in [-0.15, -0.1) is 0 Å². The Hall–Kier alpha value is -1.56. The van der Waals surface area contributed by atoms with Crippen molar-refractivity contribution in [2.24, 2.45) is 5.84 Å². The topological polar surface area (TPSA) is 75.9 Å². The lowest BCUT2D eigenvalue weighted by atomic mass is 10.3. The first-order valence-corrected chi connectivity index (χ1v) is 6.99. The van der Waals surface area contributed by atoms with Crippen LogP contribution in [0, 0.1) is 0 Å². The summed E-state index contributed by atoms with van der Waals surface area (Å²) in [5.41, 5.74) is 3.25. The van der Waals surface area contributed by atoms with Crippen LogP contribution in [0.5, 0.6) is 0 Å². The highest BCUT2D eigenvalue weighted by atomic mass is 35.5. The van der Waals surface area contributed by atoms with E-state index in [4.69, 9.17) is 29.0 Å². The molecule has 7 heteroatoms. The van der Waals surface area contributed by atoms with Gasteiger partial charge in [-0.05, 0) is 25.0 Å². The normalized spacial score (nSPS) is 14.2. The molecule has 0 amide bonds. The van der Waals surface area contributed by atoms with Crippen molar-refractivity contribution in [1.29, 1.82) is 0 Å². The number of nitrogen functional groups attached to an aromatic ring is 1. The summed E-state index contributed by atoms with van der Waals surface area (Å²) < 4.78 is 0. The highest BCUT2D eigenvalue weighted by molar-refractivity contribution is 6.43. The van der Waals surface area contributed by atoms with Crippen LogP contribution in [-0.4, -0.2) is 9.97 Å². The van der Waals surface area contributed by atoms with Crippen LogP contribution in [0.1, 0.15) is 24.6 Å². The van der Waals surface area contributed by atoms with Crippen LogP contribution in [-0.2, 0) is 0 Å². The molecule has 1 aliphatic rings. The van der Waals surface area contributed by atoms with Gasteiger partial charge in [0.1, 0.15) is 17.5 Å². The van der Waals surface area contributed by atoms with E-state index in [2.05, 4.69) is 20.7 Å². The number of nitrogens with zero attached hydrogens (tertiary/aromatic N) is 2. The summed E-state index contributed by atoms with van der Waals surface area (Å²) in [5.74, 6) is 7.87. The van der Waals surface area contributed by atoms with Crippen molar-refractivity contribution < 1.29 is 0 Å². The number of benzene rings is 1. The first-order chi connectivity index (χ1) is 9.67. The second kappa shape index (κ2) is 5.44. The average molecular weight is 310 g/mol. The number of hydrazine groups is 1. The van der Waals surface area contributed by atoms with Crippen molar-refractivity contribution in [3.63, 3.8) is 0 Å². The molecular weight excluding hydrogens is 297 g/mol. The number of aromatic nitrogens is 2. The van der Waals surface area contributed by atoms with E-state index in [1.54, 1.807) is 12.1 Å². The van der Waals surface area contributed by atoms with Crippen LogP contribution in [0.15, 0.2) is 24.3 Å². The summed E-state index contributed by atoms with van der Waals surface area (Å²) >= 11 is 12.1. The zero-order valence-electron chi connectivity index (χ0n) is 10.5. The molecule has 0 spiro atoms. The predicted molar refractivity (Wildman–Crippen MR) is 81.6 cm³/mol. The fourth-order valence-corrected chi connectivity index (χ4v) is 2.21. The van der Waals surface area contributed by atoms with Crippen LogP contribution in [0.4, 0.5) is 17.3 Å². The fraction of sp³-hybridized carbons (Fsp3) is 0.231. The van der Waals surface area contributed by atoms with Crippen LogP contribution in [0.2, 0.25) is 10.0 Å². The van der Waals surface area contributed by atoms with Gasteiger partial charge >= 0.3 is 0 Å². The molecule has 1 aliphatic carbocycles. The van der Waals surface area contributed by atoms with Gasteiger partial charge in [0.25, 0.3) is 0 Å². The first kappa shape index (κ1) is 13.4. The van der Waals surface area contributed by atoms with Gasteiger partial charge in [0.15, 0.2) is 0 Å². The van der Waals surface area contributed by atoms with Gasteiger partial charge in [0.05, 0.1) is 15.7 Å². The Morgan fingerprint density at radius 2 is 1.90 bits per heavy atom. The molecule has 20 heavy (non-hydrogen) atoms. The van der Waals surface area contributed by atoms with Gasteiger partial charge in [-0.1, -0.05) is 29.3 Å². The van der Waals surface area contributed by atoms with Crippen LogP contribution in [0.25, 0.3) is 0 Å². The average Bonchev–Trinajstić information content (AvgIpc) is 3.28. The lowest BCUT2D eigenvalue weighted by Crippen LogP contribution is -2.11. The van der Waals surface area contributed by atoms with Crippen LogP contribution >= 0.6 is 23.2 Å². The lowest BCUT2D eigenvalue weighted by molar-refractivity contribution is 0.929. The Bertz CT molecular complexity index is 643. The fourth-order valence-electron chi connectivity index (χ4n) is 1.87. The zero-order chi connectivity index (χ0) is 14.1. The standard InChI is InChI=1S/C13H13Cl2N5/c14-8-2-1-3-9(12(8)15)17-10-6-11(20-16)19-13(18-10)7-4-5-7/h1-3,6-7H,4-5,16H2,(H2,17,18,19,20). The first-order valence-electron chi connectivity index (χ1n) is 6.24. The molecule has 2 aromatic rings. The predicted octanol–water partition coefficient (Wildman–Crippen LogP) is 3.69. The number of nitrogens with two attached hydrogens (primary N) is 1. The second-order valence-corrected chi connectivity index (χ2v) is 5.43. The minimum Gasteiger partial charge on any atom is -0.339 e. The Morgan fingerprint density at radius 1 is 1.15 bits per heavy atom. The Morgan fingerprint density at radius 3 is 2.60 bits per heavy atom. The third-order valence-corrected chi connectivity index (χ3v) is 3.87. The molecule has 0 bridgehead atoms. The number of hydrogen-bond acceptors (Lipinski definition) is 5. The molecule has 1 aromatic heterocycles. The maximum atomic E-state index is 6.15. The molecule has 3 rings (SSSR count). The van der Waals surface area contributed by atoms with E-state index >= 15 is 0 Å². The number of nitrogens with one attached hydrogen (secondary N) is 2. The number of anilines is 3. The summed E-state index contributed by atoms with van der Waals surface area (Å²) in [4.78, 5) is 8.84. The summed E-state index contributed by atoms with van der Waals surface area (Å²) in [5, 5.41) is 4.10. The molecule has 4 N–H and O–H groups in total. The third-order valence-electron chi connectivity index (χ3n) is 3.05. The second-order valence-electron chi connectivity index (χ2n) is 4.64. The van der Waals surface area contributed by atoms with Crippen LogP contribution in [0.3, 0.4) is 0 Å². The van der Waals surface area contributed by atoms with Gasteiger partial charge in [-0.3, -0.25) is 0 Å². The summed E-state index contributed by atoms with van der Waals surface area (Å²) in [6.07, 6.45) is 2.23. The van der Waals surface area contributed by atoms with Crippen molar-refractivity contribution in [2.45, 2.75) is 18.8 Å². The molecule has 1 saturated carbocycles. The molecule has 0 radical (unpaired) electrons. The smallest absolute Gasteiger partial charge is 0.145 e. The number of rotatable bonds is 4. The molecule has 0 atom stereocenters. The zero-order valence-corrected chi connectivity index (χ0v) is 12.0. The van der Waals surface area contributed by atoms with Gasteiger partial charge in [0.2, 0.25) is 0 Å². The number of halogens is 2. The van der Waals surface area contributed by atoms with Crippen molar-refractivity contribution in [3.8, 4) is 0 Å². The van der Waals surface area contributed by atoms with E-state index < -0.39 is 0 Å². The maximum absolute atomic E-state index is 6.15. The minimum atomic E-state index is 0.429. The Balaban J connectivity index is 1.93. The number of hydrogen-bond donors (Lipinski definition) is 3. The molecule has 1 fully saturated rings. The molecule has 1 aromatic carbocycles. The van der Waals surface area contributed by atoms with Gasteiger partial charge in [0, 0.05) is 12.0 Å². The van der Waals surface area contributed by atoms with E-state index in [1.165, 1.54) is 0 Å². The Labute approximate surface area is 126 Å². The van der Waals surface area contributed by atoms with E-state index in [-0.39, 0.29) is 0 Å². The molecular formula is C13H13Cl2N5. The maximum Gasteiger partial charge on any atom is 0.145 e. The van der Waals surface area contributed by atoms with E-state index in [9.17, 15) is 0 Å². The SMILES string of the molecule is NNc1cc(Nc2cccc(Cl)c2Cl)nc(C2CC2)n1. The summed E-state index contributed by atoms with van der Waals surface area (Å²) in [6.45, 7) is 0. The molecule has 5 nitrogen and oxygen atoms in total. The monoisotopic (exact) mass is 309 g/mol. The Kier molecular flexibility index (Phi) is 3.65. The molecule has 0 unspecified atom stereocenters.